The third-order valence-corrected chi connectivity index (χ3v) is 2.51. The highest BCUT2D eigenvalue weighted by Crippen LogP contribution is 2.26. The molecule has 3 N–H and O–H groups in total. The molecule has 16 heavy (non-hydrogen) atoms. The zero-order valence-electron chi connectivity index (χ0n) is 8.86. The van der Waals surface area contributed by atoms with Crippen molar-refractivity contribution in [2.75, 3.05) is 23.8 Å². The van der Waals surface area contributed by atoms with Crippen LogP contribution in [-0.2, 0) is 0 Å². The van der Waals surface area contributed by atoms with E-state index in [1.807, 2.05) is 0 Å². The Morgan fingerprint density at radius 1 is 1.56 bits per heavy atom. The van der Waals surface area contributed by atoms with Crippen LogP contribution in [0.2, 0.25) is 0 Å². The van der Waals surface area contributed by atoms with Gasteiger partial charge >= 0.3 is 6.03 Å². The molecule has 0 spiro atoms. The zero-order chi connectivity index (χ0) is 11.7. The van der Waals surface area contributed by atoms with Crippen molar-refractivity contribution < 1.29 is 9.59 Å². The number of fused-ring (bicyclic) bond motifs is 1. The number of carbonyl (C=O) groups is 2. The van der Waals surface area contributed by atoms with Crippen LogP contribution in [0.3, 0.4) is 0 Å². The molecule has 0 radical (unpaired) electrons. The predicted octanol–water partition coefficient (Wildman–Crippen LogP) is 0.595. The van der Waals surface area contributed by atoms with Gasteiger partial charge in [0.2, 0.25) is 0 Å². The Kier molecular flexibility index (Phi) is 2.47. The van der Waals surface area contributed by atoms with Crippen LogP contribution in [0.1, 0.15) is 16.9 Å². The quantitative estimate of drug-likeness (QED) is 0.725. The van der Waals surface area contributed by atoms with Gasteiger partial charge in [0.15, 0.2) is 5.78 Å². The van der Waals surface area contributed by atoms with Gasteiger partial charge in [0.25, 0.3) is 0 Å². The highest BCUT2D eigenvalue weighted by atomic mass is 16.2. The normalized spacial score (nSPS) is 14.6. The number of aromatic nitrogens is 1. The van der Waals surface area contributed by atoms with E-state index in [1.54, 1.807) is 19.2 Å². The lowest BCUT2D eigenvalue weighted by Gasteiger charge is -2.26. The monoisotopic (exact) mass is 220 g/mol. The molecule has 6 nitrogen and oxygen atoms in total. The molecule has 0 fully saturated rings. The van der Waals surface area contributed by atoms with E-state index in [9.17, 15) is 9.59 Å². The predicted molar refractivity (Wildman–Crippen MR) is 59.7 cm³/mol. The standard InChI is InChI=1S/C10H12N4O2/c1-12-8-3-2-6-9(13-8)7(15)4-5-14(6)10(11)16/h2-3H,4-5H2,1H3,(H2,11,16)(H,12,13). The number of nitrogens with one attached hydrogen (secondary N) is 1. The third kappa shape index (κ3) is 1.58. The fraction of sp³-hybridized carbons (Fsp3) is 0.300. The first-order valence-electron chi connectivity index (χ1n) is 4.92. The van der Waals surface area contributed by atoms with Gasteiger partial charge in [0.1, 0.15) is 11.5 Å². The number of nitrogens with two attached hydrogens (primary N) is 1. The smallest absolute Gasteiger partial charge is 0.319 e. The summed E-state index contributed by atoms with van der Waals surface area (Å²) in [6, 6.07) is 2.82. The first kappa shape index (κ1) is 10.4. The zero-order valence-corrected chi connectivity index (χ0v) is 8.86. The summed E-state index contributed by atoms with van der Waals surface area (Å²) in [7, 11) is 1.72. The van der Waals surface area contributed by atoms with E-state index < -0.39 is 6.03 Å². The Morgan fingerprint density at radius 3 is 2.94 bits per heavy atom. The minimum absolute atomic E-state index is 0.0652. The van der Waals surface area contributed by atoms with E-state index in [0.29, 0.717) is 23.7 Å². The number of ketones is 1. The second-order valence-corrected chi connectivity index (χ2v) is 3.48. The van der Waals surface area contributed by atoms with E-state index in [-0.39, 0.29) is 12.2 Å². The van der Waals surface area contributed by atoms with Gasteiger partial charge in [-0.1, -0.05) is 0 Å². The molecule has 2 amide bonds. The number of rotatable bonds is 1. The van der Waals surface area contributed by atoms with Crippen LogP contribution in [0.15, 0.2) is 12.1 Å². The maximum atomic E-state index is 11.7. The molecule has 1 aliphatic heterocycles. The molecule has 0 saturated carbocycles. The van der Waals surface area contributed by atoms with Gasteiger partial charge in [0.05, 0.1) is 5.69 Å². The summed E-state index contributed by atoms with van der Waals surface area (Å²) in [6.45, 7) is 0.321. The van der Waals surface area contributed by atoms with Crippen molar-refractivity contribution in [1.82, 2.24) is 4.98 Å². The summed E-state index contributed by atoms with van der Waals surface area (Å²) >= 11 is 0. The van der Waals surface area contributed by atoms with Gasteiger partial charge in [-0.05, 0) is 12.1 Å². The average Bonchev–Trinajstić information content (AvgIpc) is 2.29. The van der Waals surface area contributed by atoms with Crippen molar-refractivity contribution in [2.45, 2.75) is 6.42 Å². The van der Waals surface area contributed by atoms with Gasteiger partial charge in [-0.15, -0.1) is 0 Å². The van der Waals surface area contributed by atoms with E-state index in [0.717, 1.165) is 0 Å². The number of hydrogen-bond donors (Lipinski definition) is 2. The Hall–Kier alpha value is -2.11. The largest absolute Gasteiger partial charge is 0.373 e. The lowest BCUT2D eigenvalue weighted by molar-refractivity contribution is 0.0976. The Labute approximate surface area is 92.4 Å². The number of primary amides is 1. The maximum absolute atomic E-state index is 11.7. The minimum Gasteiger partial charge on any atom is -0.373 e. The Bertz CT molecular complexity index is 458. The first-order valence-corrected chi connectivity index (χ1v) is 4.92. The fourth-order valence-corrected chi connectivity index (χ4v) is 1.70. The fourth-order valence-electron chi connectivity index (χ4n) is 1.70. The third-order valence-electron chi connectivity index (χ3n) is 2.51. The maximum Gasteiger partial charge on any atom is 0.319 e. The van der Waals surface area contributed by atoms with Crippen molar-refractivity contribution in [1.29, 1.82) is 0 Å². The van der Waals surface area contributed by atoms with Crippen LogP contribution in [0.25, 0.3) is 0 Å². The lowest BCUT2D eigenvalue weighted by atomic mass is 10.1. The topological polar surface area (TPSA) is 88.3 Å². The van der Waals surface area contributed by atoms with E-state index >= 15 is 0 Å². The van der Waals surface area contributed by atoms with Crippen molar-refractivity contribution in [3.8, 4) is 0 Å². The lowest BCUT2D eigenvalue weighted by Crippen LogP contribution is -2.41. The Morgan fingerprint density at radius 2 is 2.31 bits per heavy atom. The number of nitrogens with zero attached hydrogens (tertiary/aromatic N) is 2. The number of carbonyl (C=O) groups excluding carboxylic acids is 2. The van der Waals surface area contributed by atoms with Crippen LogP contribution < -0.4 is 16.0 Å². The number of urea groups is 1. The van der Waals surface area contributed by atoms with Crippen LogP contribution in [0.5, 0.6) is 0 Å². The summed E-state index contributed by atoms with van der Waals surface area (Å²) in [4.78, 5) is 28.3. The first-order chi connectivity index (χ1) is 7.63. The summed E-state index contributed by atoms with van der Waals surface area (Å²) < 4.78 is 0. The number of anilines is 2. The molecular weight excluding hydrogens is 208 g/mol. The number of hydrogen-bond acceptors (Lipinski definition) is 4. The molecule has 2 rings (SSSR count). The molecule has 1 aromatic heterocycles. The highest BCUT2D eigenvalue weighted by Gasteiger charge is 2.27. The van der Waals surface area contributed by atoms with Crippen molar-refractivity contribution in [3.63, 3.8) is 0 Å². The molecule has 6 heteroatoms. The molecule has 0 aliphatic carbocycles. The second-order valence-electron chi connectivity index (χ2n) is 3.48. The number of Topliss-reactive ketones (excluding diaryl/α,β-unsaturated/α-hetero) is 1. The van der Waals surface area contributed by atoms with Gasteiger partial charge in [-0.3, -0.25) is 9.69 Å². The van der Waals surface area contributed by atoms with Crippen LogP contribution in [0.4, 0.5) is 16.3 Å². The SMILES string of the molecule is CNc1ccc2c(n1)C(=O)CCN2C(N)=O. The van der Waals surface area contributed by atoms with Gasteiger partial charge in [-0.2, -0.15) is 0 Å². The van der Waals surface area contributed by atoms with Crippen molar-refractivity contribution in [3.05, 3.63) is 17.8 Å². The molecule has 0 bridgehead atoms. The molecular formula is C10H12N4O2. The molecule has 1 aromatic rings. The minimum atomic E-state index is -0.562. The van der Waals surface area contributed by atoms with E-state index in [2.05, 4.69) is 10.3 Å². The van der Waals surface area contributed by atoms with Crippen LogP contribution in [-0.4, -0.2) is 30.4 Å². The molecule has 0 saturated heterocycles. The number of pyridine rings is 1. The van der Waals surface area contributed by atoms with Crippen LogP contribution >= 0.6 is 0 Å². The summed E-state index contributed by atoms with van der Waals surface area (Å²) in [5.41, 5.74) is 6.02. The molecule has 0 aromatic carbocycles. The molecule has 84 valence electrons. The molecule has 0 unspecified atom stereocenters. The Balaban J connectivity index is 2.51. The summed E-state index contributed by atoms with van der Waals surface area (Å²) in [5.74, 6) is 0.531. The second kappa shape index (κ2) is 3.80. The molecule has 1 aliphatic rings. The van der Waals surface area contributed by atoms with Crippen molar-refractivity contribution >= 4 is 23.3 Å². The molecule has 0 atom stereocenters. The average molecular weight is 220 g/mol. The summed E-state index contributed by atoms with van der Waals surface area (Å²) in [5, 5.41) is 2.84. The van der Waals surface area contributed by atoms with Gasteiger partial charge in [0, 0.05) is 20.0 Å². The highest BCUT2D eigenvalue weighted by molar-refractivity contribution is 6.07. The summed E-state index contributed by atoms with van der Waals surface area (Å²) in [6.07, 6.45) is 0.260. The van der Waals surface area contributed by atoms with E-state index in [4.69, 9.17) is 5.73 Å². The molecule has 2 heterocycles. The van der Waals surface area contributed by atoms with Gasteiger partial charge in [-0.25, -0.2) is 9.78 Å². The van der Waals surface area contributed by atoms with E-state index in [1.165, 1.54) is 4.90 Å². The van der Waals surface area contributed by atoms with Gasteiger partial charge < -0.3 is 11.1 Å². The van der Waals surface area contributed by atoms with Crippen molar-refractivity contribution in [2.24, 2.45) is 5.73 Å². The number of amides is 2. The van der Waals surface area contributed by atoms with Crippen LogP contribution in [0, 0.1) is 0 Å².